The first-order valence-corrected chi connectivity index (χ1v) is 4.96. The van der Waals surface area contributed by atoms with Crippen molar-refractivity contribution in [2.75, 3.05) is 5.73 Å². The third-order valence-electron chi connectivity index (χ3n) is 2.08. The van der Waals surface area contributed by atoms with Crippen LogP contribution >= 0.6 is 11.6 Å². The van der Waals surface area contributed by atoms with E-state index in [1.54, 1.807) is 12.3 Å². The third kappa shape index (κ3) is 2.04. The van der Waals surface area contributed by atoms with E-state index in [2.05, 4.69) is 9.97 Å². The fourth-order valence-corrected chi connectivity index (χ4v) is 1.39. The molecule has 6 heteroatoms. The smallest absolute Gasteiger partial charge is 0.278 e. The van der Waals surface area contributed by atoms with Crippen LogP contribution in [0.25, 0.3) is 0 Å². The van der Waals surface area contributed by atoms with E-state index in [9.17, 15) is 4.79 Å². The van der Waals surface area contributed by atoms with Crippen LogP contribution in [0.1, 0.15) is 5.69 Å². The van der Waals surface area contributed by atoms with Gasteiger partial charge in [0.15, 0.2) is 5.15 Å². The minimum absolute atomic E-state index is 0.0299. The van der Waals surface area contributed by atoms with Gasteiger partial charge in [-0.05, 0) is 12.1 Å². The second-order valence-electron chi connectivity index (χ2n) is 3.20. The SMILES string of the molecule is Nc1c(Cl)ncn(Cc2ccccn2)c1=O. The highest BCUT2D eigenvalue weighted by Crippen LogP contribution is 2.08. The van der Waals surface area contributed by atoms with Gasteiger partial charge in [-0.1, -0.05) is 17.7 Å². The normalized spacial score (nSPS) is 10.3. The Balaban J connectivity index is 2.37. The average Bonchev–Trinajstić information content (AvgIpc) is 2.31. The van der Waals surface area contributed by atoms with Gasteiger partial charge in [-0.2, -0.15) is 0 Å². The van der Waals surface area contributed by atoms with Gasteiger partial charge in [-0.3, -0.25) is 14.3 Å². The first-order chi connectivity index (χ1) is 7.68. The maximum Gasteiger partial charge on any atom is 0.278 e. The molecule has 0 atom stereocenters. The first-order valence-electron chi connectivity index (χ1n) is 4.59. The van der Waals surface area contributed by atoms with Crippen LogP contribution in [0.3, 0.4) is 0 Å². The molecule has 0 radical (unpaired) electrons. The number of rotatable bonds is 2. The Morgan fingerprint density at radius 3 is 2.88 bits per heavy atom. The van der Waals surface area contributed by atoms with Gasteiger partial charge in [-0.25, -0.2) is 4.98 Å². The average molecular weight is 237 g/mol. The summed E-state index contributed by atoms with van der Waals surface area (Å²) in [5.41, 5.74) is 5.85. The molecule has 0 saturated carbocycles. The minimum atomic E-state index is -0.356. The molecule has 2 rings (SSSR count). The standard InChI is InChI=1S/C10H9ClN4O/c11-9-8(12)10(16)15(6-14-9)5-7-3-1-2-4-13-7/h1-4,6H,5,12H2. The molecule has 0 aliphatic carbocycles. The molecule has 0 spiro atoms. The van der Waals surface area contributed by atoms with Gasteiger partial charge in [0.25, 0.3) is 5.56 Å². The van der Waals surface area contributed by atoms with Crippen LogP contribution in [0.15, 0.2) is 35.5 Å². The van der Waals surface area contributed by atoms with E-state index in [-0.39, 0.29) is 16.4 Å². The highest BCUT2D eigenvalue weighted by Gasteiger charge is 2.06. The van der Waals surface area contributed by atoms with Crippen LogP contribution in [0, 0.1) is 0 Å². The van der Waals surface area contributed by atoms with Gasteiger partial charge in [0.05, 0.1) is 18.6 Å². The number of pyridine rings is 1. The first kappa shape index (κ1) is 10.6. The van der Waals surface area contributed by atoms with Gasteiger partial charge >= 0.3 is 0 Å². The van der Waals surface area contributed by atoms with Crippen molar-refractivity contribution >= 4 is 17.3 Å². The molecule has 2 aromatic heterocycles. The molecule has 2 aromatic rings. The molecular weight excluding hydrogens is 228 g/mol. The lowest BCUT2D eigenvalue weighted by Crippen LogP contribution is -2.24. The van der Waals surface area contributed by atoms with E-state index in [1.807, 2.05) is 12.1 Å². The molecule has 0 unspecified atom stereocenters. The number of anilines is 1. The number of hydrogen-bond acceptors (Lipinski definition) is 4. The molecule has 2 heterocycles. The van der Waals surface area contributed by atoms with Crippen LogP contribution in [-0.4, -0.2) is 14.5 Å². The second kappa shape index (κ2) is 4.32. The fraction of sp³-hybridized carbons (Fsp3) is 0.100. The zero-order valence-corrected chi connectivity index (χ0v) is 9.05. The largest absolute Gasteiger partial charge is 0.392 e. The summed E-state index contributed by atoms with van der Waals surface area (Å²) in [4.78, 5) is 19.6. The van der Waals surface area contributed by atoms with Crippen LogP contribution in [-0.2, 0) is 6.54 Å². The van der Waals surface area contributed by atoms with Crippen molar-refractivity contribution in [2.24, 2.45) is 0 Å². The molecule has 0 saturated heterocycles. The Morgan fingerprint density at radius 1 is 1.38 bits per heavy atom. The molecule has 0 aliphatic rings. The van der Waals surface area contributed by atoms with Crippen molar-refractivity contribution in [1.82, 2.24) is 14.5 Å². The molecule has 2 N–H and O–H groups in total. The van der Waals surface area contributed by atoms with E-state index >= 15 is 0 Å². The molecular formula is C10H9ClN4O. The quantitative estimate of drug-likeness (QED) is 0.787. The topological polar surface area (TPSA) is 73.8 Å². The Bertz CT molecular complexity index is 552. The molecule has 0 bridgehead atoms. The van der Waals surface area contributed by atoms with Gasteiger partial charge in [0.2, 0.25) is 0 Å². The number of aromatic nitrogens is 3. The molecule has 5 nitrogen and oxygen atoms in total. The molecule has 0 aromatic carbocycles. The van der Waals surface area contributed by atoms with Gasteiger partial charge in [-0.15, -0.1) is 0 Å². The second-order valence-corrected chi connectivity index (χ2v) is 3.56. The van der Waals surface area contributed by atoms with E-state index in [1.165, 1.54) is 10.9 Å². The van der Waals surface area contributed by atoms with Crippen LogP contribution < -0.4 is 11.3 Å². The van der Waals surface area contributed by atoms with Crippen LogP contribution in [0.5, 0.6) is 0 Å². The predicted octanol–water partition coefficient (Wildman–Crippen LogP) is 0.922. The van der Waals surface area contributed by atoms with Crippen molar-refractivity contribution in [3.05, 3.63) is 51.9 Å². The predicted molar refractivity (Wildman–Crippen MR) is 61.3 cm³/mol. The van der Waals surface area contributed by atoms with Gasteiger partial charge in [0, 0.05) is 6.20 Å². The Kier molecular flexibility index (Phi) is 2.87. The summed E-state index contributed by atoms with van der Waals surface area (Å²) in [6.07, 6.45) is 3.02. The van der Waals surface area contributed by atoms with E-state index in [4.69, 9.17) is 17.3 Å². The van der Waals surface area contributed by atoms with E-state index in [0.717, 1.165) is 5.69 Å². The molecule has 0 fully saturated rings. The molecule has 0 amide bonds. The summed E-state index contributed by atoms with van der Waals surface area (Å²) >= 11 is 5.62. The van der Waals surface area contributed by atoms with Crippen LogP contribution in [0.2, 0.25) is 5.15 Å². The summed E-state index contributed by atoms with van der Waals surface area (Å²) < 4.78 is 1.36. The summed E-state index contributed by atoms with van der Waals surface area (Å²) in [5, 5.41) is 0.0299. The number of hydrogen-bond donors (Lipinski definition) is 1. The lowest BCUT2D eigenvalue weighted by molar-refractivity contribution is 0.722. The Hall–Kier alpha value is -1.88. The number of nitrogen functional groups attached to an aromatic ring is 1. The maximum atomic E-state index is 11.7. The van der Waals surface area contributed by atoms with Crippen LogP contribution in [0.4, 0.5) is 5.69 Å². The maximum absolute atomic E-state index is 11.7. The Morgan fingerprint density at radius 2 is 2.19 bits per heavy atom. The highest BCUT2D eigenvalue weighted by molar-refractivity contribution is 6.31. The van der Waals surface area contributed by atoms with Crippen molar-refractivity contribution in [2.45, 2.75) is 6.54 Å². The monoisotopic (exact) mass is 236 g/mol. The summed E-state index contributed by atoms with van der Waals surface area (Å²) in [6.45, 7) is 0.327. The van der Waals surface area contributed by atoms with Crippen molar-refractivity contribution in [1.29, 1.82) is 0 Å². The summed E-state index contributed by atoms with van der Waals surface area (Å²) in [5.74, 6) is 0. The third-order valence-corrected chi connectivity index (χ3v) is 2.38. The zero-order valence-electron chi connectivity index (χ0n) is 8.30. The summed E-state index contributed by atoms with van der Waals surface area (Å²) in [6, 6.07) is 5.47. The fourth-order valence-electron chi connectivity index (χ4n) is 1.26. The summed E-state index contributed by atoms with van der Waals surface area (Å²) in [7, 11) is 0. The number of nitrogens with two attached hydrogens (primary N) is 1. The van der Waals surface area contributed by atoms with Crippen molar-refractivity contribution in [3.8, 4) is 0 Å². The Labute approximate surface area is 96.5 Å². The molecule has 16 heavy (non-hydrogen) atoms. The van der Waals surface area contributed by atoms with E-state index in [0.29, 0.717) is 6.54 Å². The number of halogens is 1. The van der Waals surface area contributed by atoms with Crippen molar-refractivity contribution in [3.63, 3.8) is 0 Å². The van der Waals surface area contributed by atoms with Gasteiger partial charge in [0.1, 0.15) is 5.69 Å². The van der Waals surface area contributed by atoms with E-state index < -0.39 is 0 Å². The van der Waals surface area contributed by atoms with Crippen molar-refractivity contribution < 1.29 is 0 Å². The lowest BCUT2D eigenvalue weighted by atomic mass is 10.3. The zero-order chi connectivity index (χ0) is 11.5. The molecule has 0 aliphatic heterocycles. The van der Waals surface area contributed by atoms with Gasteiger partial charge < -0.3 is 5.73 Å². The minimum Gasteiger partial charge on any atom is -0.392 e. The highest BCUT2D eigenvalue weighted by atomic mass is 35.5. The lowest BCUT2D eigenvalue weighted by Gasteiger charge is -2.05. The number of nitrogens with zero attached hydrogens (tertiary/aromatic N) is 3. The molecule has 82 valence electrons.